The van der Waals surface area contributed by atoms with Gasteiger partial charge in [0.1, 0.15) is 11.4 Å². The second kappa shape index (κ2) is 9.20. The van der Waals surface area contributed by atoms with Gasteiger partial charge in [0.05, 0.1) is 0 Å². The zero-order valence-electron chi connectivity index (χ0n) is 16.9. The van der Waals surface area contributed by atoms with Gasteiger partial charge >= 0.3 is 0 Å². The molecule has 152 valence electrons. The van der Waals surface area contributed by atoms with E-state index in [4.69, 9.17) is 10.5 Å². The normalized spacial score (nSPS) is 11.8. The van der Waals surface area contributed by atoms with Crippen molar-refractivity contribution in [1.29, 1.82) is 0 Å². The van der Waals surface area contributed by atoms with Crippen molar-refractivity contribution in [3.05, 3.63) is 53.9 Å². The highest BCUT2D eigenvalue weighted by Gasteiger charge is 2.11. The minimum absolute atomic E-state index is 0.0633. The maximum atomic E-state index is 12.2. The van der Waals surface area contributed by atoms with Crippen LogP contribution in [0.15, 0.2) is 47.6 Å². The molecular weight excluding hydrogens is 368 g/mol. The lowest BCUT2D eigenvalue weighted by Crippen LogP contribution is -2.36. The third kappa shape index (κ3) is 5.11. The minimum atomic E-state index is -0.350. The number of ether oxygens (including phenoxy) is 1. The largest absolute Gasteiger partial charge is 0.439 e. The van der Waals surface area contributed by atoms with E-state index in [9.17, 15) is 4.79 Å². The van der Waals surface area contributed by atoms with E-state index in [-0.39, 0.29) is 11.9 Å². The molecule has 0 aliphatic heterocycles. The molecule has 29 heavy (non-hydrogen) atoms. The summed E-state index contributed by atoms with van der Waals surface area (Å²) in [6, 6.07) is 11.3. The standard InChI is InChI=1S/C21H26N6O2/c1-4-27(5-2)13-14-8-9-24-19(10-14)29-16-7-6-15-11-18(25-17(15)12-16)20(28)26-21(22)23-3/h6-12,25H,4-5,13H2,1-3H3,(H3,22,23,26,28). The maximum absolute atomic E-state index is 12.2. The smallest absolute Gasteiger partial charge is 0.274 e. The Morgan fingerprint density at radius 2 is 2.03 bits per heavy atom. The number of benzene rings is 1. The lowest BCUT2D eigenvalue weighted by atomic mass is 10.2. The van der Waals surface area contributed by atoms with E-state index >= 15 is 0 Å². The summed E-state index contributed by atoms with van der Waals surface area (Å²) in [4.78, 5) is 25.6. The van der Waals surface area contributed by atoms with Crippen LogP contribution in [0.3, 0.4) is 0 Å². The first-order valence-electron chi connectivity index (χ1n) is 9.53. The van der Waals surface area contributed by atoms with Gasteiger partial charge in [-0.2, -0.15) is 0 Å². The average molecular weight is 394 g/mol. The highest BCUT2D eigenvalue weighted by molar-refractivity contribution is 6.06. The summed E-state index contributed by atoms with van der Waals surface area (Å²) < 4.78 is 5.94. The van der Waals surface area contributed by atoms with E-state index in [1.54, 1.807) is 12.3 Å². The van der Waals surface area contributed by atoms with Gasteiger partial charge < -0.3 is 15.5 Å². The van der Waals surface area contributed by atoms with Crippen LogP contribution in [-0.2, 0) is 6.54 Å². The molecule has 8 nitrogen and oxygen atoms in total. The number of rotatable bonds is 7. The first-order valence-corrected chi connectivity index (χ1v) is 9.53. The van der Waals surface area contributed by atoms with Crippen molar-refractivity contribution in [3.63, 3.8) is 0 Å². The maximum Gasteiger partial charge on any atom is 0.274 e. The van der Waals surface area contributed by atoms with Crippen molar-refractivity contribution < 1.29 is 9.53 Å². The van der Waals surface area contributed by atoms with Crippen LogP contribution < -0.4 is 15.8 Å². The van der Waals surface area contributed by atoms with E-state index < -0.39 is 0 Å². The predicted molar refractivity (Wildman–Crippen MR) is 114 cm³/mol. The molecule has 0 fully saturated rings. The fraction of sp³-hybridized carbons (Fsp3) is 0.286. The van der Waals surface area contributed by atoms with Crippen molar-refractivity contribution in [3.8, 4) is 11.6 Å². The Bertz CT molecular complexity index is 1020. The third-order valence-electron chi connectivity index (χ3n) is 4.64. The molecule has 0 aliphatic rings. The number of aromatic amines is 1. The number of amides is 1. The van der Waals surface area contributed by atoms with Crippen molar-refractivity contribution in [2.75, 3.05) is 20.1 Å². The minimum Gasteiger partial charge on any atom is -0.439 e. The number of hydrogen-bond donors (Lipinski definition) is 3. The number of fused-ring (bicyclic) bond motifs is 1. The van der Waals surface area contributed by atoms with Gasteiger partial charge in [0.15, 0.2) is 5.96 Å². The molecule has 2 aromatic heterocycles. The average Bonchev–Trinajstić information content (AvgIpc) is 3.15. The van der Waals surface area contributed by atoms with Crippen LogP contribution in [-0.4, -0.2) is 46.9 Å². The molecule has 0 saturated carbocycles. The fourth-order valence-electron chi connectivity index (χ4n) is 2.96. The number of H-pyrrole nitrogens is 1. The van der Waals surface area contributed by atoms with Gasteiger partial charge in [-0.15, -0.1) is 0 Å². The lowest BCUT2D eigenvalue weighted by Gasteiger charge is -2.18. The molecule has 0 bridgehead atoms. The van der Waals surface area contributed by atoms with Crippen LogP contribution in [0.2, 0.25) is 0 Å². The zero-order chi connectivity index (χ0) is 20.8. The fourth-order valence-corrected chi connectivity index (χ4v) is 2.96. The summed E-state index contributed by atoms with van der Waals surface area (Å²) in [5.41, 5.74) is 7.87. The Labute approximate surface area is 169 Å². The van der Waals surface area contributed by atoms with E-state index in [1.165, 1.54) is 7.05 Å². The van der Waals surface area contributed by atoms with Gasteiger partial charge in [0.25, 0.3) is 5.91 Å². The number of hydrogen-bond acceptors (Lipinski definition) is 5. The number of carbonyl (C=O) groups excluding carboxylic acids is 1. The predicted octanol–water partition coefficient (Wildman–Crippen LogP) is 2.87. The molecule has 0 atom stereocenters. The lowest BCUT2D eigenvalue weighted by molar-refractivity contribution is 0.0972. The number of nitrogens with zero attached hydrogens (tertiary/aromatic N) is 3. The summed E-state index contributed by atoms with van der Waals surface area (Å²) in [7, 11) is 1.51. The van der Waals surface area contributed by atoms with Gasteiger partial charge in [-0.3, -0.25) is 20.0 Å². The van der Waals surface area contributed by atoms with E-state index in [2.05, 4.69) is 39.0 Å². The summed E-state index contributed by atoms with van der Waals surface area (Å²) in [5, 5.41) is 3.39. The van der Waals surface area contributed by atoms with E-state index in [0.717, 1.165) is 36.1 Å². The van der Waals surface area contributed by atoms with Gasteiger partial charge in [-0.05, 0) is 42.9 Å². The van der Waals surface area contributed by atoms with E-state index in [0.29, 0.717) is 17.3 Å². The summed E-state index contributed by atoms with van der Waals surface area (Å²) in [5.74, 6) is 0.879. The van der Waals surface area contributed by atoms with Crippen LogP contribution in [0, 0.1) is 0 Å². The highest BCUT2D eigenvalue weighted by Crippen LogP contribution is 2.25. The Morgan fingerprint density at radius 3 is 2.76 bits per heavy atom. The molecule has 4 N–H and O–H groups in total. The van der Waals surface area contributed by atoms with Gasteiger partial charge in [0.2, 0.25) is 5.88 Å². The molecule has 0 unspecified atom stereocenters. The summed E-state index contributed by atoms with van der Waals surface area (Å²) in [6.45, 7) is 7.12. The van der Waals surface area contributed by atoms with Crippen LogP contribution in [0.4, 0.5) is 0 Å². The second-order valence-electron chi connectivity index (χ2n) is 6.56. The quantitative estimate of drug-likeness (QED) is 0.422. The number of carbonyl (C=O) groups is 1. The monoisotopic (exact) mass is 394 g/mol. The summed E-state index contributed by atoms with van der Waals surface area (Å²) >= 11 is 0. The molecular formula is C21H26N6O2. The Hall–Kier alpha value is -3.39. The van der Waals surface area contributed by atoms with Crippen molar-refractivity contribution >= 4 is 22.8 Å². The summed E-state index contributed by atoms with van der Waals surface area (Å²) in [6.07, 6.45) is 1.75. The number of aromatic nitrogens is 2. The number of guanidine groups is 1. The topological polar surface area (TPSA) is 109 Å². The molecule has 0 saturated heterocycles. The zero-order valence-corrected chi connectivity index (χ0v) is 16.9. The molecule has 1 aromatic carbocycles. The van der Waals surface area contributed by atoms with Crippen LogP contribution in [0.5, 0.6) is 11.6 Å². The van der Waals surface area contributed by atoms with Gasteiger partial charge in [-0.25, -0.2) is 4.98 Å². The van der Waals surface area contributed by atoms with Crippen LogP contribution >= 0.6 is 0 Å². The number of nitrogens with one attached hydrogen (secondary N) is 2. The Balaban J connectivity index is 1.76. The molecule has 1 amide bonds. The Kier molecular flexibility index (Phi) is 6.46. The van der Waals surface area contributed by atoms with Crippen molar-refractivity contribution in [2.45, 2.75) is 20.4 Å². The van der Waals surface area contributed by atoms with Gasteiger partial charge in [0, 0.05) is 42.8 Å². The molecule has 0 spiro atoms. The van der Waals surface area contributed by atoms with Crippen LogP contribution in [0.25, 0.3) is 10.9 Å². The second-order valence-corrected chi connectivity index (χ2v) is 6.56. The number of pyridine rings is 1. The van der Waals surface area contributed by atoms with Crippen molar-refractivity contribution in [1.82, 2.24) is 20.2 Å². The molecule has 2 heterocycles. The first kappa shape index (κ1) is 20.3. The molecule has 0 aliphatic carbocycles. The third-order valence-corrected chi connectivity index (χ3v) is 4.64. The first-order chi connectivity index (χ1) is 14.0. The molecule has 8 heteroatoms. The molecule has 0 radical (unpaired) electrons. The molecule has 3 aromatic rings. The SMILES string of the molecule is CCN(CC)Cc1ccnc(Oc2ccc3cc(C(=O)NC(N)=NC)[nH]c3c2)c1. The Morgan fingerprint density at radius 1 is 1.24 bits per heavy atom. The van der Waals surface area contributed by atoms with Gasteiger partial charge in [-0.1, -0.05) is 13.8 Å². The number of nitrogens with two attached hydrogens (primary N) is 1. The van der Waals surface area contributed by atoms with E-state index in [1.807, 2.05) is 30.3 Å². The highest BCUT2D eigenvalue weighted by atomic mass is 16.5. The van der Waals surface area contributed by atoms with Crippen LogP contribution in [0.1, 0.15) is 29.9 Å². The molecule has 3 rings (SSSR count). The number of aliphatic imine (C=N–C) groups is 1. The van der Waals surface area contributed by atoms with Crippen molar-refractivity contribution in [2.24, 2.45) is 10.7 Å².